The van der Waals surface area contributed by atoms with E-state index < -0.39 is 11.2 Å². The van der Waals surface area contributed by atoms with Crippen molar-refractivity contribution in [3.05, 3.63) is 35.4 Å². The molecule has 1 aromatic rings. The molecule has 0 radical (unpaired) electrons. The van der Waals surface area contributed by atoms with Gasteiger partial charge in [-0.15, -0.1) is 0 Å². The van der Waals surface area contributed by atoms with Crippen molar-refractivity contribution in [1.29, 1.82) is 0 Å². The molecule has 0 aromatic heterocycles. The van der Waals surface area contributed by atoms with Gasteiger partial charge in [0.1, 0.15) is 11.2 Å². The number of benzene rings is 1. The van der Waals surface area contributed by atoms with Crippen LogP contribution in [0.15, 0.2) is 24.3 Å². The minimum atomic E-state index is -0.940. The highest BCUT2D eigenvalue weighted by Crippen LogP contribution is 2.32. The number of likely N-dealkylation sites (tertiary alicyclic amines) is 1. The van der Waals surface area contributed by atoms with E-state index in [2.05, 4.69) is 0 Å². The molecule has 1 saturated heterocycles. The van der Waals surface area contributed by atoms with Gasteiger partial charge in [0.2, 0.25) is 0 Å². The van der Waals surface area contributed by atoms with Gasteiger partial charge in [0.05, 0.1) is 13.1 Å². The molecule has 1 N–H and O–H groups in total. The molecular formula is C15H21NO3. The van der Waals surface area contributed by atoms with E-state index in [0.29, 0.717) is 0 Å². The Morgan fingerprint density at radius 1 is 1.26 bits per heavy atom. The Hall–Kier alpha value is -1.55. The maximum Gasteiger partial charge on any atom is 0.410 e. The van der Waals surface area contributed by atoms with E-state index in [1.54, 1.807) is 0 Å². The van der Waals surface area contributed by atoms with Gasteiger partial charge in [0, 0.05) is 0 Å². The molecule has 1 fully saturated rings. The largest absolute Gasteiger partial charge is 0.444 e. The summed E-state index contributed by atoms with van der Waals surface area (Å²) in [6, 6.07) is 7.73. The lowest BCUT2D eigenvalue weighted by Gasteiger charge is -2.46. The van der Waals surface area contributed by atoms with Crippen molar-refractivity contribution in [2.24, 2.45) is 0 Å². The maximum atomic E-state index is 11.8. The van der Waals surface area contributed by atoms with Gasteiger partial charge in [0.25, 0.3) is 0 Å². The predicted molar refractivity (Wildman–Crippen MR) is 72.9 cm³/mol. The lowest BCUT2D eigenvalue weighted by molar-refractivity contribution is -0.103. The summed E-state index contributed by atoms with van der Waals surface area (Å²) in [5, 5.41) is 10.4. The Labute approximate surface area is 114 Å². The second kappa shape index (κ2) is 4.53. The fourth-order valence-corrected chi connectivity index (χ4v) is 2.09. The Balaban J connectivity index is 1.98. The number of carbonyl (C=O) groups excluding carboxylic acids is 1. The number of amides is 1. The summed E-state index contributed by atoms with van der Waals surface area (Å²) in [6.07, 6.45) is -0.371. The molecule has 4 heteroatoms. The quantitative estimate of drug-likeness (QED) is 0.846. The summed E-state index contributed by atoms with van der Waals surface area (Å²) < 4.78 is 5.27. The highest BCUT2D eigenvalue weighted by atomic mass is 16.6. The van der Waals surface area contributed by atoms with Crippen molar-refractivity contribution in [2.45, 2.75) is 38.9 Å². The molecule has 0 unspecified atom stereocenters. The Morgan fingerprint density at radius 2 is 1.79 bits per heavy atom. The third-order valence-corrected chi connectivity index (χ3v) is 3.15. The van der Waals surface area contributed by atoms with Crippen LogP contribution in [0.5, 0.6) is 0 Å². The minimum Gasteiger partial charge on any atom is -0.444 e. The van der Waals surface area contributed by atoms with Gasteiger partial charge < -0.3 is 14.7 Å². The first-order valence-corrected chi connectivity index (χ1v) is 6.47. The molecular weight excluding hydrogens is 242 g/mol. The zero-order valence-electron chi connectivity index (χ0n) is 11.9. The van der Waals surface area contributed by atoms with Gasteiger partial charge >= 0.3 is 6.09 Å². The van der Waals surface area contributed by atoms with E-state index in [-0.39, 0.29) is 19.2 Å². The number of carbonyl (C=O) groups is 1. The number of β-amino-alcohol motifs (C(OH)–C–C–N with tert-alkyl or cyclic N) is 1. The summed E-state index contributed by atoms with van der Waals surface area (Å²) in [5.74, 6) is 0. The lowest BCUT2D eigenvalue weighted by Crippen LogP contribution is -2.61. The van der Waals surface area contributed by atoms with Gasteiger partial charge in [-0.1, -0.05) is 29.8 Å². The van der Waals surface area contributed by atoms with E-state index in [4.69, 9.17) is 4.74 Å². The molecule has 1 heterocycles. The van der Waals surface area contributed by atoms with Crippen LogP contribution >= 0.6 is 0 Å². The SMILES string of the molecule is Cc1ccc(C2(O)CN(C(=O)OC(C)(C)C)C2)cc1. The van der Waals surface area contributed by atoms with Crippen molar-refractivity contribution in [3.8, 4) is 0 Å². The number of hydrogen-bond donors (Lipinski definition) is 1. The third kappa shape index (κ3) is 3.07. The smallest absolute Gasteiger partial charge is 0.410 e. The normalized spacial score (nSPS) is 17.8. The number of nitrogens with zero attached hydrogens (tertiary/aromatic N) is 1. The summed E-state index contributed by atoms with van der Waals surface area (Å²) in [4.78, 5) is 13.3. The average molecular weight is 263 g/mol. The topological polar surface area (TPSA) is 49.8 Å². The second-order valence-corrected chi connectivity index (χ2v) is 6.23. The van der Waals surface area contributed by atoms with Gasteiger partial charge in [-0.3, -0.25) is 0 Å². The number of aliphatic hydroxyl groups is 1. The monoisotopic (exact) mass is 263 g/mol. The van der Waals surface area contributed by atoms with Crippen LogP contribution in [0.3, 0.4) is 0 Å². The molecule has 1 aliphatic rings. The van der Waals surface area contributed by atoms with Gasteiger partial charge in [0.15, 0.2) is 0 Å². The summed E-state index contributed by atoms with van der Waals surface area (Å²) in [7, 11) is 0. The molecule has 0 aliphatic carbocycles. The minimum absolute atomic E-state index is 0.283. The van der Waals surface area contributed by atoms with Crippen LogP contribution in [0.4, 0.5) is 4.79 Å². The zero-order valence-corrected chi connectivity index (χ0v) is 11.9. The van der Waals surface area contributed by atoms with Crippen LogP contribution in [0.2, 0.25) is 0 Å². The molecule has 1 amide bonds. The molecule has 0 bridgehead atoms. The average Bonchev–Trinajstić information content (AvgIpc) is 2.23. The standard InChI is InChI=1S/C15H21NO3/c1-11-5-7-12(8-6-11)15(18)9-16(10-15)13(17)19-14(2,3)4/h5-8,18H,9-10H2,1-4H3. The van der Waals surface area contributed by atoms with E-state index in [0.717, 1.165) is 11.1 Å². The van der Waals surface area contributed by atoms with Crippen molar-refractivity contribution in [2.75, 3.05) is 13.1 Å². The van der Waals surface area contributed by atoms with E-state index in [1.165, 1.54) is 4.90 Å². The number of hydrogen-bond acceptors (Lipinski definition) is 3. The van der Waals surface area contributed by atoms with Crippen LogP contribution in [-0.2, 0) is 10.3 Å². The first kappa shape index (κ1) is 13.9. The van der Waals surface area contributed by atoms with Crippen LogP contribution in [0.1, 0.15) is 31.9 Å². The van der Waals surface area contributed by atoms with Crippen LogP contribution in [-0.4, -0.2) is 34.8 Å². The van der Waals surface area contributed by atoms with E-state index in [9.17, 15) is 9.90 Å². The molecule has 0 atom stereocenters. The van der Waals surface area contributed by atoms with Crippen molar-refractivity contribution < 1.29 is 14.6 Å². The van der Waals surface area contributed by atoms with Crippen LogP contribution < -0.4 is 0 Å². The predicted octanol–water partition coefficient (Wildman–Crippen LogP) is 2.43. The molecule has 104 valence electrons. The van der Waals surface area contributed by atoms with E-state index >= 15 is 0 Å². The van der Waals surface area contributed by atoms with Crippen molar-refractivity contribution in [3.63, 3.8) is 0 Å². The number of rotatable bonds is 1. The fraction of sp³-hybridized carbons (Fsp3) is 0.533. The third-order valence-electron chi connectivity index (χ3n) is 3.15. The molecule has 1 aromatic carbocycles. The van der Waals surface area contributed by atoms with Gasteiger partial charge in [-0.25, -0.2) is 4.79 Å². The lowest BCUT2D eigenvalue weighted by atomic mass is 9.86. The molecule has 2 rings (SSSR count). The highest BCUT2D eigenvalue weighted by Gasteiger charge is 2.46. The van der Waals surface area contributed by atoms with Crippen molar-refractivity contribution >= 4 is 6.09 Å². The molecule has 0 spiro atoms. The van der Waals surface area contributed by atoms with Gasteiger partial charge in [-0.05, 0) is 33.3 Å². The molecule has 0 saturated carbocycles. The Bertz CT molecular complexity index is 467. The van der Waals surface area contributed by atoms with Gasteiger partial charge in [-0.2, -0.15) is 0 Å². The Kier molecular flexibility index (Phi) is 3.31. The Morgan fingerprint density at radius 3 is 2.26 bits per heavy atom. The zero-order chi connectivity index (χ0) is 14.3. The highest BCUT2D eigenvalue weighted by molar-refractivity contribution is 5.70. The molecule has 19 heavy (non-hydrogen) atoms. The summed E-state index contributed by atoms with van der Waals surface area (Å²) in [5.41, 5.74) is 0.549. The number of aryl methyl sites for hydroxylation is 1. The first-order chi connectivity index (χ1) is 8.70. The van der Waals surface area contributed by atoms with Crippen LogP contribution in [0, 0.1) is 6.92 Å². The summed E-state index contributed by atoms with van der Waals surface area (Å²) in [6.45, 7) is 8.06. The maximum absolute atomic E-state index is 11.8. The van der Waals surface area contributed by atoms with Crippen molar-refractivity contribution in [1.82, 2.24) is 4.90 Å². The number of ether oxygens (including phenoxy) is 1. The summed E-state index contributed by atoms with van der Waals surface area (Å²) >= 11 is 0. The van der Waals surface area contributed by atoms with Crippen LogP contribution in [0.25, 0.3) is 0 Å². The molecule has 1 aliphatic heterocycles. The second-order valence-electron chi connectivity index (χ2n) is 6.23. The van der Waals surface area contributed by atoms with E-state index in [1.807, 2.05) is 52.0 Å². The molecule has 4 nitrogen and oxygen atoms in total. The first-order valence-electron chi connectivity index (χ1n) is 6.47. The fourth-order valence-electron chi connectivity index (χ4n) is 2.09.